The van der Waals surface area contributed by atoms with Crippen LogP contribution >= 0.6 is 0 Å². The molecule has 2 aromatic carbocycles. The van der Waals surface area contributed by atoms with Gasteiger partial charge in [-0.05, 0) is 63.1 Å². The average molecular weight is 575 g/mol. The fourth-order valence-electron chi connectivity index (χ4n) is 3.75. The SMILES string of the molecule is CCOc1ccc(C(=O)NCC(=O)OCC(=O)Nc2cccc(S(=O)(=O)NC3=NCCCCC3)c2)cc1OCC. The van der Waals surface area contributed by atoms with Crippen molar-refractivity contribution in [1.82, 2.24) is 10.0 Å². The first-order chi connectivity index (χ1) is 19.2. The standard InChI is InChI=1S/C27H34N4O8S/c1-3-37-22-13-12-19(15-23(22)38-4-2)27(34)29-17-26(33)39-18-25(32)30-20-9-8-10-21(16-20)40(35,36)31-24-11-6-5-7-14-28-24/h8-10,12-13,15-16H,3-7,11,14,17-18H2,1-2H3,(H,28,31)(H,29,34)(H,30,32). The summed E-state index contributed by atoms with van der Waals surface area (Å²) < 4.78 is 44.0. The van der Waals surface area contributed by atoms with E-state index in [9.17, 15) is 22.8 Å². The van der Waals surface area contributed by atoms with Crippen molar-refractivity contribution in [3.05, 3.63) is 48.0 Å². The Bertz CT molecular complexity index is 1340. The van der Waals surface area contributed by atoms with Crippen LogP contribution in [0.4, 0.5) is 5.69 Å². The summed E-state index contributed by atoms with van der Waals surface area (Å²) in [5, 5.41) is 4.93. The molecule has 0 saturated heterocycles. The number of carbonyl (C=O) groups is 3. The van der Waals surface area contributed by atoms with Crippen LogP contribution in [-0.4, -0.2) is 64.9 Å². The van der Waals surface area contributed by atoms with Crippen LogP contribution in [0.2, 0.25) is 0 Å². The van der Waals surface area contributed by atoms with Gasteiger partial charge in [0.25, 0.3) is 21.8 Å². The lowest BCUT2D eigenvalue weighted by molar-refractivity contribution is -0.146. The van der Waals surface area contributed by atoms with Crippen molar-refractivity contribution in [3.63, 3.8) is 0 Å². The second-order valence-corrected chi connectivity index (χ2v) is 10.4. The van der Waals surface area contributed by atoms with Gasteiger partial charge in [-0.25, -0.2) is 8.42 Å². The molecule has 1 heterocycles. The highest BCUT2D eigenvalue weighted by Gasteiger charge is 2.19. The zero-order valence-corrected chi connectivity index (χ0v) is 23.3. The molecule has 0 atom stereocenters. The number of nitrogens with zero attached hydrogens (tertiary/aromatic N) is 1. The Labute approximate surface area is 233 Å². The van der Waals surface area contributed by atoms with Gasteiger partial charge in [0.05, 0.1) is 18.1 Å². The molecule has 13 heteroatoms. The van der Waals surface area contributed by atoms with Gasteiger partial charge in [0.2, 0.25) is 0 Å². The van der Waals surface area contributed by atoms with Crippen LogP contribution in [0.1, 0.15) is 49.9 Å². The second kappa shape index (κ2) is 14.9. The van der Waals surface area contributed by atoms with Crippen molar-refractivity contribution < 1.29 is 37.0 Å². The minimum absolute atomic E-state index is 0.0428. The van der Waals surface area contributed by atoms with Crippen LogP contribution in [-0.2, 0) is 24.3 Å². The number of hydrogen-bond donors (Lipinski definition) is 3. The van der Waals surface area contributed by atoms with E-state index in [-0.39, 0.29) is 16.1 Å². The fourth-order valence-corrected chi connectivity index (χ4v) is 4.89. The van der Waals surface area contributed by atoms with E-state index in [0.29, 0.717) is 43.5 Å². The van der Waals surface area contributed by atoms with Crippen molar-refractivity contribution in [1.29, 1.82) is 0 Å². The number of amides is 2. The zero-order valence-electron chi connectivity index (χ0n) is 22.5. The topological polar surface area (TPSA) is 161 Å². The molecular weight excluding hydrogens is 540 g/mol. The summed E-state index contributed by atoms with van der Waals surface area (Å²) in [7, 11) is -3.88. The lowest BCUT2D eigenvalue weighted by atomic mass is 10.2. The van der Waals surface area contributed by atoms with E-state index in [1.54, 1.807) is 13.0 Å². The summed E-state index contributed by atoms with van der Waals surface area (Å²) in [6, 6.07) is 10.3. The van der Waals surface area contributed by atoms with Gasteiger partial charge in [-0.3, -0.25) is 24.1 Å². The van der Waals surface area contributed by atoms with E-state index in [2.05, 4.69) is 20.3 Å². The van der Waals surface area contributed by atoms with Crippen LogP contribution in [0.15, 0.2) is 52.4 Å². The van der Waals surface area contributed by atoms with Gasteiger partial charge in [-0.2, -0.15) is 0 Å². The van der Waals surface area contributed by atoms with E-state index in [1.165, 1.54) is 36.4 Å². The van der Waals surface area contributed by atoms with E-state index in [4.69, 9.17) is 14.2 Å². The predicted molar refractivity (Wildman–Crippen MR) is 148 cm³/mol. The van der Waals surface area contributed by atoms with E-state index >= 15 is 0 Å². The molecule has 12 nitrogen and oxygen atoms in total. The van der Waals surface area contributed by atoms with Crippen molar-refractivity contribution in [2.24, 2.45) is 4.99 Å². The molecule has 2 amide bonds. The molecular formula is C27H34N4O8S. The Morgan fingerprint density at radius 1 is 0.950 bits per heavy atom. The van der Waals surface area contributed by atoms with Crippen LogP contribution in [0.5, 0.6) is 11.5 Å². The van der Waals surface area contributed by atoms with Crippen LogP contribution in [0.25, 0.3) is 0 Å². The van der Waals surface area contributed by atoms with Gasteiger partial charge in [0.15, 0.2) is 18.1 Å². The van der Waals surface area contributed by atoms with Gasteiger partial charge in [0, 0.05) is 24.2 Å². The van der Waals surface area contributed by atoms with E-state index in [0.717, 1.165) is 19.3 Å². The molecule has 2 aromatic rings. The maximum Gasteiger partial charge on any atom is 0.325 e. The molecule has 216 valence electrons. The smallest absolute Gasteiger partial charge is 0.325 e. The number of aliphatic imine (C=N–C) groups is 1. The van der Waals surface area contributed by atoms with Gasteiger partial charge in [-0.1, -0.05) is 12.5 Å². The number of rotatable bonds is 12. The quantitative estimate of drug-likeness (QED) is 0.326. The minimum atomic E-state index is -3.88. The predicted octanol–water partition coefficient (Wildman–Crippen LogP) is 2.65. The Kier molecular flexibility index (Phi) is 11.3. The maximum absolute atomic E-state index is 12.8. The molecule has 0 spiro atoms. The number of carbonyl (C=O) groups excluding carboxylic acids is 3. The number of anilines is 1. The van der Waals surface area contributed by atoms with Gasteiger partial charge in [-0.15, -0.1) is 0 Å². The molecule has 0 saturated carbocycles. The number of ether oxygens (including phenoxy) is 3. The molecule has 3 rings (SSSR count). The van der Waals surface area contributed by atoms with Crippen LogP contribution < -0.4 is 24.8 Å². The second-order valence-electron chi connectivity index (χ2n) is 8.69. The summed E-state index contributed by atoms with van der Waals surface area (Å²) in [6.45, 7) is 3.93. The average Bonchev–Trinajstić information content (AvgIpc) is 3.20. The minimum Gasteiger partial charge on any atom is -0.490 e. The molecule has 0 aromatic heterocycles. The number of benzene rings is 2. The van der Waals surface area contributed by atoms with Crippen molar-refractivity contribution in [2.75, 3.05) is 38.2 Å². The number of esters is 1. The Morgan fingerprint density at radius 3 is 2.50 bits per heavy atom. The first kappa shape index (κ1) is 30.4. The van der Waals surface area contributed by atoms with Gasteiger partial charge < -0.3 is 24.8 Å². The number of hydrogen-bond acceptors (Lipinski definition) is 9. The Hall–Kier alpha value is -4.13. The summed E-state index contributed by atoms with van der Waals surface area (Å²) in [6.07, 6.45) is 3.32. The lowest BCUT2D eigenvalue weighted by Crippen LogP contribution is -2.32. The summed E-state index contributed by atoms with van der Waals surface area (Å²) in [5.74, 6) is -0.718. The van der Waals surface area contributed by atoms with E-state index < -0.39 is 41.0 Å². The van der Waals surface area contributed by atoms with Crippen molar-refractivity contribution in [2.45, 2.75) is 44.4 Å². The molecule has 0 bridgehead atoms. The highest BCUT2D eigenvalue weighted by atomic mass is 32.2. The molecule has 1 aliphatic rings. The normalized spacial score (nSPS) is 13.3. The summed E-state index contributed by atoms with van der Waals surface area (Å²) in [4.78, 5) is 41.1. The highest BCUT2D eigenvalue weighted by molar-refractivity contribution is 7.90. The summed E-state index contributed by atoms with van der Waals surface area (Å²) in [5.41, 5.74) is 0.466. The third-order valence-electron chi connectivity index (χ3n) is 5.62. The molecule has 0 unspecified atom stereocenters. The number of sulfonamides is 1. The van der Waals surface area contributed by atoms with Crippen LogP contribution in [0, 0.1) is 0 Å². The van der Waals surface area contributed by atoms with Crippen molar-refractivity contribution in [3.8, 4) is 11.5 Å². The number of nitrogens with one attached hydrogen (secondary N) is 3. The monoisotopic (exact) mass is 574 g/mol. The van der Waals surface area contributed by atoms with Gasteiger partial charge >= 0.3 is 5.97 Å². The summed E-state index contributed by atoms with van der Waals surface area (Å²) >= 11 is 0. The molecule has 0 fully saturated rings. The fraction of sp³-hybridized carbons (Fsp3) is 0.407. The largest absolute Gasteiger partial charge is 0.490 e. The third kappa shape index (κ3) is 9.26. The Morgan fingerprint density at radius 2 is 1.73 bits per heavy atom. The first-order valence-corrected chi connectivity index (χ1v) is 14.5. The molecule has 40 heavy (non-hydrogen) atoms. The third-order valence-corrected chi connectivity index (χ3v) is 7.00. The number of amidine groups is 1. The molecule has 0 radical (unpaired) electrons. The first-order valence-electron chi connectivity index (χ1n) is 13.0. The maximum atomic E-state index is 12.8. The van der Waals surface area contributed by atoms with Crippen molar-refractivity contribution >= 4 is 39.3 Å². The molecule has 0 aliphatic carbocycles. The van der Waals surface area contributed by atoms with Crippen LogP contribution in [0.3, 0.4) is 0 Å². The van der Waals surface area contributed by atoms with E-state index in [1.807, 2.05) is 6.92 Å². The molecule has 3 N–H and O–H groups in total. The highest BCUT2D eigenvalue weighted by Crippen LogP contribution is 2.28. The van der Waals surface area contributed by atoms with Gasteiger partial charge in [0.1, 0.15) is 12.4 Å². The zero-order chi connectivity index (χ0) is 29.0. The Balaban J connectivity index is 1.48. The molecule has 1 aliphatic heterocycles. The lowest BCUT2D eigenvalue weighted by Gasteiger charge is -2.12.